The van der Waals surface area contributed by atoms with E-state index in [1.54, 1.807) is 13.0 Å². The fraction of sp³-hybridized carbons (Fsp3) is 0.200. The number of halogens is 1. The molecule has 14 heavy (non-hydrogen) atoms. The van der Waals surface area contributed by atoms with Crippen molar-refractivity contribution in [2.75, 3.05) is 7.11 Å². The van der Waals surface area contributed by atoms with Crippen molar-refractivity contribution < 1.29 is 9.53 Å². The Kier molecular flexibility index (Phi) is 3.10. The smallest absolute Gasteiger partial charge is 0.253 e. The SMILES string of the molecule is COc1ccc(C(=O)Cl)c(C#N)c1C. The van der Waals surface area contributed by atoms with Gasteiger partial charge in [0, 0.05) is 5.56 Å². The number of carbonyl (C=O) groups is 1. The first-order valence-electron chi connectivity index (χ1n) is 3.89. The number of methoxy groups -OCH3 is 1. The van der Waals surface area contributed by atoms with Crippen LogP contribution in [-0.2, 0) is 0 Å². The van der Waals surface area contributed by atoms with E-state index in [4.69, 9.17) is 21.6 Å². The van der Waals surface area contributed by atoms with E-state index in [0.717, 1.165) is 0 Å². The second kappa shape index (κ2) is 4.12. The van der Waals surface area contributed by atoms with Crippen LogP contribution in [0.25, 0.3) is 0 Å². The van der Waals surface area contributed by atoms with Gasteiger partial charge < -0.3 is 4.74 Å². The third kappa shape index (κ3) is 1.70. The lowest BCUT2D eigenvalue weighted by Crippen LogP contribution is -1.99. The van der Waals surface area contributed by atoms with Gasteiger partial charge in [-0.15, -0.1) is 0 Å². The Morgan fingerprint density at radius 2 is 2.21 bits per heavy atom. The van der Waals surface area contributed by atoms with Crippen molar-refractivity contribution in [2.45, 2.75) is 6.92 Å². The number of rotatable bonds is 2. The average molecular weight is 210 g/mol. The molecule has 4 heteroatoms. The molecule has 0 saturated carbocycles. The van der Waals surface area contributed by atoms with Gasteiger partial charge in [-0.2, -0.15) is 5.26 Å². The number of nitrogens with zero attached hydrogens (tertiary/aromatic N) is 1. The lowest BCUT2D eigenvalue weighted by atomic mass is 10.0. The Bertz CT molecular complexity index is 421. The molecule has 0 amide bonds. The van der Waals surface area contributed by atoms with Crippen LogP contribution in [0.4, 0.5) is 0 Å². The Morgan fingerprint density at radius 3 is 2.64 bits per heavy atom. The second-order valence-corrected chi connectivity index (χ2v) is 3.04. The van der Waals surface area contributed by atoms with E-state index in [0.29, 0.717) is 11.3 Å². The zero-order chi connectivity index (χ0) is 10.7. The molecule has 1 aromatic carbocycles. The molecular weight excluding hydrogens is 202 g/mol. The van der Waals surface area contributed by atoms with E-state index in [-0.39, 0.29) is 11.1 Å². The fourth-order valence-electron chi connectivity index (χ4n) is 1.22. The molecule has 0 aliphatic heterocycles. The number of carbonyl (C=O) groups excluding carboxylic acids is 1. The fourth-order valence-corrected chi connectivity index (χ4v) is 1.38. The maximum atomic E-state index is 11.0. The molecule has 0 fully saturated rings. The number of benzene rings is 1. The first kappa shape index (κ1) is 10.6. The molecule has 0 aliphatic carbocycles. The summed E-state index contributed by atoms with van der Waals surface area (Å²) in [6.45, 7) is 1.71. The first-order valence-corrected chi connectivity index (χ1v) is 4.27. The molecule has 0 unspecified atom stereocenters. The Labute approximate surface area is 86.9 Å². The van der Waals surface area contributed by atoms with Crippen LogP contribution in [-0.4, -0.2) is 12.4 Å². The topological polar surface area (TPSA) is 50.1 Å². The number of hydrogen-bond acceptors (Lipinski definition) is 3. The predicted octanol–water partition coefficient (Wildman–Crippen LogP) is 2.25. The highest BCUT2D eigenvalue weighted by Crippen LogP contribution is 2.24. The van der Waals surface area contributed by atoms with Crippen LogP contribution in [0.5, 0.6) is 5.75 Å². The summed E-state index contributed by atoms with van der Waals surface area (Å²) >= 11 is 5.32. The highest BCUT2D eigenvalue weighted by molar-refractivity contribution is 6.68. The van der Waals surface area contributed by atoms with Crippen molar-refractivity contribution in [3.8, 4) is 11.8 Å². The highest BCUT2D eigenvalue weighted by Gasteiger charge is 2.14. The zero-order valence-corrected chi connectivity index (χ0v) is 8.55. The minimum atomic E-state index is -0.632. The molecule has 0 spiro atoms. The average Bonchev–Trinajstić information content (AvgIpc) is 2.17. The van der Waals surface area contributed by atoms with E-state index in [9.17, 15) is 4.79 Å². The van der Waals surface area contributed by atoms with Gasteiger partial charge in [0.25, 0.3) is 5.24 Å². The van der Waals surface area contributed by atoms with Gasteiger partial charge >= 0.3 is 0 Å². The third-order valence-corrected chi connectivity index (χ3v) is 2.16. The van der Waals surface area contributed by atoms with E-state index in [1.165, 1.54) is 13.2 Å². The molecule has 0 aliphatic rings. The molecule has 0 N–H and O–H groups in total. The molecular formula is C10H8ClNO2. The second-order valence-electron chi connectivity index (χ2n) is 2.70. The van der Waals surface area contributed by atoms with Gasteiger partial charge in [-0.05, 0) is 30.7 Å². The number of ether oxygens (including phenoxy) is 1. The quantitative estimate of drug-likeness (QED) is 0.702. The molecule has 3 nitrogen and oxygen atoms in total. The van der Waals surface area contributed by atoms with Crippen LogP contribution in [0, 0.1) is 18.3 Å². The standard InChI is InChI=1S/C10H8ClNO2/c1-6-8(5-12)7(10(11)13)3-4-9(6)14-2/h3-4H,1-2H3. The van der Waals surface area contributed by atoms with Gasteiger partial charge in [-0.1, -0.05) is 0 Å². The Morgan fingerprint density at radius 1 is 1.57 bits per heavy atom. The van der Waals surface area contributed by atoms with Crippen LogP contribution < -0.4 is 4.74 Å². The number of nitriles is 1. The maximum absolute atomic E-state index is 11.0. The van der Waals surface area contributed by atoms with Gasteiger partial charge in [-0.3, -0.25) is 4.79 Å². The normalized spacial score (nSPS) is 9.29. The molecule has 0 saturated heterocycles. The van der Waals surface area contributed by atoms with Crippen molar-refractivity contribution in [3.05, 3.63) is 28.8 Å². The van der Waals surface area contributed by atoms with Gasteiger partial charge in [0.1, 0.15) is 11.8 Å². The molecule has 0 aromatic heterocycles. The number of hydrogen-bond donors (Lipinski definition) is 0. The highest BCUT2D eigenvalue weighted by atomic mass is 35.5. The summed E-state index contributed by atoms with van der Waals surface area (Å²) in [6, 6.07) is 5.04. The van der Waals surface area contributed by atoms with E-state index < -0.39 is 5.24 Å². The molecule has 72 valence electrons. The molecule has 0 atom stereocenters. The monoisotopic (exact) mass is 209 g/mol. The van der Waals surface area contributed by atoms with Crippen LogP contribution >= 0.6 is 11.6 Å². The summed E-state index contributed by atoms with van der Waals surface area (Å²) in [5.74, 6) is 0.572. The van der Waals surface area contributed by atoms with E-state index in [1.807, 2.05) is 6.07 Å². The molecule has 0 heterocycles. The Balaban J connectivity index is 3.45. The molecule has 0 bridgehead atoms. The largest absolute Gasteiger partial charge is 0.496 e. The van der Waals surface area contributed by atoms with Gasteiger partial charge in [0.05, 0.1) is 18.2 Å². The van der Waals surface area contributed by atoms with Crippen molar-refractivity contribution in [3.63, 3.8) is 0 Å². The van der Waals surface area contributed by atoms with Crippen LogP contribution in [0.15, 0.2) is 12.1 Å². The van der Waals surface area contributed by atoms with Crippen molar-refractivity contribution in [1.29, 1.82) is 5.26 Å². The van der Waals surface area contributed by atoms with Crippen LogP contribution in [0.1, 0.15) is 21.5 Å². The summed E-state index contributed by atoms with van der Waals surface area (Å²) in [5.41, 5.74) is 1.11. The summed E-state index contributed by atoms with van der Waals surface area (Å²) < 4.78 is 5.02. The van der Waals surface area contributed by atoms with Gasteiger partial charge in [0.2, 0.25) is 0 Å². The first-order chi connectivity index (χ1) is 6.61. The summed E-state index contributed by atoms with van der Waals surface area (Å²) in [4.78, 5) is 11.0. The summed E-state index contributed by atoms with van der Waals surface area (Å²) in [6.07, 6.45) is 0. The minimum Gasteiger partial charge on any atom is -0.496 e. The predicted molar refractivity (Wildman–Crippen MR) is 52.6 cm³/mol. The Hall–Kier alpha value is -1.53. The van der Waals surface area contributed by atoms with Crippen LogP contribution in [0.2, 0.25) is 0 Å². The molecule has 0 radical (unpaired) electrons. The third-order valence-electron chi connectivity index (χ3n) is 1.96. The van der Waals surface area contributed by atoms with Gasteiger partial charge in [-0.25, -0.2) is 0 Å². The minimum absolute atomic E-state index is 0.215. The lowest BCUT2D eigenvalue weighted by Gasteiger charge is -2.07. The lowest BCUT2D eigenvalue weighted by molar-refractivity contribution is 0.108. The summed E-state index contributed by atoms with van der Waals surface area (Å²) in [7, 11) is 1.51. The van der Waals surface area contributed by atoms with Gasteiger partial charge in [0.15, 0.2) is 0 Å². The zero-order valence-electron chi connectivity index (χ0n) is 7.80. The van der Waals surface area contributed by atoms with Crippen molar-refractivity contribution in [1.82, 2.24) is 0 Å². The molecule has 1 aromatic rings. The summed E-state index contributed by atoms with van der Waals surface area (Å²) in [5, 5.41) is 8.22. The van der Waals surface area contributed by atoms with Crippen molar-refractivity contribution in [2.24, 2.45) is 0 Å². The van der Waals surface area contributed by atoms with Crippen molar-refractivity contribution >= 4 is 16.8 Å². The molecule has 1 rings (SSSR count). The van der Waals surface area contributed by atoms with E-state index in [2.05, 4.69) is 0 Å². The van der Waals surface area contributed by atoms with E-state index >= 15 is 0 Å². The maximum Gasteiger partial charge on any atom is 0.253 e. The van der Waals surface area contributed by atoms with Crippen LogP contribution in [0.3, 0.4) is 0 Å².